The normalized spacial score (nSPS) is 22.5. The Bertz CT molecular complexity index is 204. The molecule has 0 saturated carbocycles. The quantitative estimate of drug-likeness (QED) is 0.785. The van der Waals surface area contributed by atoms with Crippen molar-refractivity contribution in [2.75, 3.05) is 13.1 Å². The zero-order chi connectivity index (χ0) is 10.1. The predicted molar refractivity (Wildman–Crippen MR) is 66.2 cm³/mol. The molecule has 0 bridgehead atoms. The van der Waals surface area contributed by atoms with E-state index < -0.39 is 5.97 Å². The molecule has 5 heteroatoms. The Kier molecular flexibility index (Phi) is 7.61. The van der Waals surface area contributed by atoms with Crippen molar-refractivity contribution in [1.82, 2.24) is 4.90 Å². The van der Waals surface area contributed by atoms with Crippen molar-refractivity contribution in [1.29, 1.82) is 0 Å². The molecule has 0 amide bonds. The maximum Gasteiger partial charge on any atom is 0.307 e. The number of nitrogens with zero attached hydrogens (tertiary/aromatic N) is 1. The molecule has 3 nitrogen and oxygen atoms in total. The number of hydrogen-bond donors (Lipinski definition) is 1. The van der Waals surface area contributed by atoms with Gasteiger partial charge in [0.25, 0.3) is 0 Å². The summed E-state index contributed by atoms with van der Waals surface area (Å²) in [7, 11) is 0. The summed E-state index contributed by atoms with van der Waals surface area (Å²) < 4.78 is 0. The van der Waals surface area contributed by atoms with Crippen LogP contribution >= 0.6 is 24.8 Å². The van der Waals surface area contributed by atoms with Crippen molar-refractivity contribution < 1.29 is 9.90 Å². The summed E-state index contributed by atoms with van der Waals surface area (Å²) in [6.07, 6.45) is 1.84. The number of rotatable bonds is 1. The molecular formula is C10H21Cl2NO2. The van der Waals surface area contributed by atoms with Crippen LogP contribution in [0.4, 0.5) is 0 Å². The van der Waals surface area contributed by atoms with Crippen LogP contribution in [0.3, 0.4) is 0 Å². The van der Waals surface area contributed by atoms with Gasteiger partial charge in [0.1, 0.15) is 0 Å². The molecule has 1 unspecified atom stereocenters. The third kappa shape index (κ3) is 5.05. The highest BCUT2D eigenvalue weighted by atomic mass is 35.5. The van der Waals surface area contributed by atoms with E-state index in [-0.39, 0.29) is 36.3 Å². The minimum atomic E-state index is -0.644. The Morgan fingerprint density at radius 2 is 1.87 bits per heavy atom. The van der Waals surface area contributed by atoms with Gasteiger partial charge in [0.05, 0.1) is 5.92 Å². The lowest BCUT2D eigenvalue weighted by atomic mass is 9.94. The summed E-state index contributed by atoms with van der Waals surface area (Å²) in [6, 6.07) is 0. The average Bonchev–Trinajstić information content (AvgIpc) is 2.03. The van der Waals surface area contributed by atoms with Crippen molar-refractivity contribution in [2.24, 2.45) is 5.92 Å². The number of carbonyl (C=O) groups is 1. The van der Waals surface area contributed by atoms with Crippen LogP contribution in [0.2, 0.25) is 0 Å². The van der Waals surface area contributed by atoms with E-state index in [2.05, 4.69) is 25.7 Å². The fraction of sp³-hybridized carbons (Fsp3) is 0.900. The summed E-state index contributed by atoms with van der Waals surface area (Å²) in [5.41, 5.74) is 0.105. The van der Waals surface area contributed by atoms with E-state index >= 15 is 0 Å². The Labute approximate surface area is 104 Å². The number of carboxylic acid groups (broad SMARTS) is 1. The summed E-state index contributed by atoms with van der Waals surface area (Å²) in [5.74, 6) is -0.804. The third-order valence-electron chi connectivity index (χ3n) is 2.72. The van der Waals surface area contributed by atoms with Gasteiger partial charge in [0, 0.05) is 12.1 Å². The lowest BCUT2D eigenvalue weighted by Crippen LogP contribution is -2.48. The number of likely N-dealkylation sites (tertiary alicyclic amines) is 1. The van der Waals surface area contributed by atoms with Gasteiger partial charge in [-0.2, -0.15) is 0 Å². The first kappa shape index (κ1) is 17.4. The highest BCUT2D eigenvalue weighted by Crippen LogP contribution is 2.23. The molecule has 0 radical (unpaired) electrons. The second kappa shape index (κ2) is 6.56. The molecule has 92 valence electrons. The van der Waals surface area contributed by atoms with Crippen molar-refractivity contribution in [3.8, 4) is 0 Å². The van der Waals surface area contributed by atoms with Gasteiger partial charge in [0.15, 0.2) is 0 Å². The Morgan fingerprint density at radius 3 is 2.27 bits per heavy atom. The maximum atomic E-state index is 10.8. The number of hydrogen-bond acceptors (Lipinski definition) is 2. The van der Waals surface area contributed by atoms with E-state index in [0.717, 1.165) is 19.4 Å². The van der Waals surface area contributed by atoms with Gasteiger partial charge >= 0.3 is 5.97 Å². The van der Waals surface area contributed by atoms with Crippen LogP contribution < -0.4 is 0 Å². The predicted octanol–water partition coefficient (Wildman–Crippen LogP) is 2.43. The van der Waals surface area contributed by atoms with E-state index in [9.17, 15) is 4.79 Å². The summed E-state index contributed by atoms with van der Waals surface area (Å²) in [5, 5.41) is 8.90. The number of aliphatic carboxylic acids is 1. The summed E-state index contributed by atoms with van der Waals surface area (Å²) >= 11 is 0. The zero-order valence-electron chi connectivity index (χ0n) is 9.52. The first-order valence-electron chi connectivity index (χ1n) is 4.89. The van der Waals surface area contributed by atoms with Gasteiger partial charge in [-0.1, -0.05) is 0 Å². The summed E-state index contributed by atoms with van der Waals surface area (Å²) in [4.78, 5) is 13.1. The topological polar surface area (TPSA) is 40.5 Å². The fourth-order valence-electron chi connectivity index (χ4n) is 1.79. The van der Waals surface area contributed by atoms with Crippen molar-refractivity contribution >= 4 is 30.8 Å². The first-order chi connectivity index (χ1) is 5.91. The highest BCUT2D eigenvalue weighted by molar-refractivity contribution is 5.85. The molecule has 0 spiro atoms. The molecule has 15 heavy (non-hydrogen) atoms. The molecule has 0 aromatic heterocycles. The lowest BCUT2D eigenvalue weighted by molar-refractivity contribution is -0.144. The van der Waals surface area contributed by atoms with Gasteiger partial charge in [0.2, 0.25) is 0 Å². The van der Waals surface area contributed by atoms with Crippen LogP contribution in [-0.4, -0.2) is 34.6 Å². The Morgan fingerprint density at radius 1 is 1.33 bits per heavy atom. The standard InChI is InChI=1S/C10H19NO2.2ClH/c1-10(2,3)11-6-4-5-8(7-11)9(12)13;;/h8H,4-7H2,1-3H3,(H,12,13);2*1H. The highest BCUT2D eigenvalue weighted by Gasteiger charge is 2.30. The van der Waals surface area contributed by atoms with E-state index in [0.29, 0.717) is 6.54 Å². The van der Waals surface area contributed by atoms with Crippen molar-refractivity contribution in [3.05, 3.63) is 0 Å². The van der Waals surface area contributed by atoms with Crippen LogP contribution in [-0.2, 0) is 4.79 Å². The van der Waals surface area contributed by atoms with Crippen molar-refractivity contribution in [2.45, 2.75) is 39.2 Å². The smallest absolute Gasteiger partial charge is 0.307 e. The second-order valence-electron chi connectivity index (χ2n) is 4.79. The molecule has 1 rings (SSSR count). The van der Waals surface area contributed by atoms with Crippen LogP contribution in [0.25, 0.3) is 0 Å². The molecule has 1 atom stereocenters. The minimum absolute atomic E-state index is 0. The number of halogens is 2. The number of carboxylic acids is 1. The Hall–Kier alpha value is 0.01000. The van der Waals surface area contributed by atoms with Gasteiger partial charge in [-0.15, -0.1) is 24.8 Å². The maximum absolute atomic E-state index is 10.8. The van der Waals surface area contributed by atoms with E-state index in [1.54, 1.807) is 0 Å². The molecule has 1 N–H and O–H groups in total. The van der Waals surface area contributed by atoms with Gasteiger partial charge in [-0.3, -0.25) is 9.69 Å². The van der Waals surface area contributed by atoms with Gasteiger partial charge in [-0.05, 0) is 40.2 Å². The lowest BCUT2D eigenvalue weighted by Gasteiger charge is -2.40. The monoisotopic (exact) mass is 257 g/mol. The number of piperidine rings is 1. The minimum Gasteiger partial charge on any atom is -0.481 e. The molecule has 1 saturated heterocycles. The second-order valence-corrected chi connectivity index (χ2v) is 4.79. The molecule has 1 fully saturated rings. The van der Waals surface area contributed by atoms with Gasteiger partial charge < -0.3 is 5.11 Å². The molecular weight excluding hydrogens is 237 g/mol. The molecule has 1 heterocycles. The van der Waals surface area contributed by atoms with Crippen LogP contribution in [0, 0.1) is 5.92 Å². The average molecular weight is 258 g/mol. The molecule has 0 aliphatic carbocycles. The Balaban J connectivity index is 0. The SMILES string of the molecule is CC(C)(C)N1CCCC(C(=O)O)C1.Cl.Cl. The van der Waals surface area contributed by atoms with E-state index in [4.69, 9.17) is 5.11 Å². The first-order valence-corrected chi connectivity index (χ1v) is 4.89. The van der Waals surface area contributed by atoms with Crippen molar-refractivity contribution in [3.63, 3.8) is 0 Å². The van der Waals surface area contributed by atoms with E-state index in [1.807, 2.05) is 0 Å². The van der Waals surface area contributed by atoms with Gasteiger partial charge in [-0.25, -0.2) is 0 Å². The zero-order valence-corrected chi connectivity index (χ0v) is 11.2. The molecule has 1 aliphatic rings. The largest absolute Gasteiger partial charge is 0.481 e. The molecule has 0 aromatic rings. The molecule has 0 aromatic carbocycles. The summed E-state index contributed by atoms with van der Waals surface area (Å²) in [6.45, 7) is 8.15. The van der Waals surface area contributed by atoms with Crippen LogP contribution in [0.1, 0.15) is 33.6 Å². The van der Waals surface area contributed by atoms with Crippen LogP contribution in [0.15, 0.2) is 0 Å². The molecule has 1 aliphatic heterocycles. The van der Waals surface area contributed by atoms with E-state index in [1.165, 1.54) is 0 Å². The van der Waals surface area contributed by atoms with Crippen LogP contribution in [0.5, 0.6) is 0 Å². The third-order valence-corrected chi connectivity index (χ3v) is 2.72. The fourth-order valence-corrected chi connectivity index (χ4v) is 1.79.